The van der Waals surface area contributed by atoms with Gasteiger partial charge in [-0.3, -0.25) is 9.59 Å². The van der Waals surface area contributed by atoms with Crippen LogP contribution in [0.4, 0.5) is 0 Å². The number of rotatable bonds is 6. The molecule has 3 nitrogen and oxygen atoms in total. The minimum absolute atomic E-state index is 0.00105. The molecule has 0 bridgehead atoms. The highest BCUT2D eigenvalue weighted by atomic mass is 16.5. The van der Waals surface area contributed by atoms with E-state index >= 15 is 0 Å². The van der Waals surface area contributed by atoms with Crippen LogP contribution < -0.4 is 0 Å². The maximum atomic E-state index is 12.1. The van der Waals surface area contributed by atoms with Crippen molar-refractivity contribution >= 4 is 11.8 Å². The molecule has 0 saturated heterocycles. The van der Waals surface area contributed by atoms with Crippen molar-refractivity contribution in [1.82, 2.24) is 0 Å². The highest BCUT2D eigenvalue weighted by molar-refractivity contribution is 5.91. The first-order valence-corrected chi connectivity index (χ1v) is 6.73. The Morgan fingerprint density at radius 1 is 1.41 bits per heavy atom. The predicted octanol–water partition coefficient (Wildman–Crippen LogP) is 2.73. The molecule has 2 aliphatic rings. The fourth-order valence-corrected chi connectivity index (χ4v) is 3.36. The fraction of sp³-hybridized carbons (Fsp3) is 0.857. The van der Waals surface area contributed by atoms with Gasteiger partial charge in [0, 0.05) is 11.8 Å². The molecule has 0 amide bonds. The van der Waals surface area contributed by atoms with Crippen LogP contribution in [0.1, 0.15) is 51.9 Å². The van der Waals surface area contributed by atoms with Crippen molar-refractivity contribution in [2.45, 2.75) is 51.9 Å². The van der Waals surface area contributed by atoms with Crippen molar-refractivity contribution in [1.29, 1.82) is 0 Å². The van der Waals surface area contributed by atoms with E-state index in [-0.39, 0.29) is 23.2 Å². The summed E-state index contributed by atoms with van der Waals surface area (Å²) in [5.41, 5.74) is 0.00105. The van der Waals surface area contributed by atoms with Crippen molar-refractivity contribution in [3.63, 3.8) is 0 Å². The zero-order valence-electron chi connectivity index (χ0n) is 10.8. The maximum absolute atomic E-state index is 12.1. The number of ketones is 1. The third-order valence-corrected chi connectivity index (χ3v) is 4.47. The quantitative estimate of drug-likeness (QED) is 0.528. The van der Waals surface area contributed by atoms with Gasteiger partial charge in [0.15, 0.2) is 0 Å². The van der Waals surface area contributed by atoms with Gasteiger partial charge in [0.2, 0.25) is 0 Å². The van der Waals surface area contributed by atoms with Gasteiger partial charge in [-0.05, 0) is 24.7 Å². The summed E-state index contributed by atoms with van der Waals surface area (Å²) in [5.74, 6) is 0.665. The molecule has 0 heterocycles. The van der Waals surface area contributed by atoms with Gasteiger partial charge >= 0.3 is 5.97 Å². The van der Waals surface area contributed by atoms with Gasteiger partial charge in [-0.2, -0.15) is 0 Å². The first-order valence-electron chi connectivity index (χ1n) is 6.73. The second-order valence-corrected chi connectivity index (χ2v) is 5.67. The fourth-order valence-electron chi connectivity index (χ4n) is 3.36. The summed E-state index contributed by atoms with van der Waals surface area (Å²) in [6.45, 7) is 2.17. The Labute approximate surface area is 103 Å². The average Bonchev–Trinajstić information content (AvgIpc) is 2.95. The van der Waals surface area contributed by atoms with Crippen LogP contribution >= 0.6 is 0 Å². The molecular weight excluding hydrogens is 216 g/mol. The Balaban J connectivity index is 1.86. The first-order chi connectivity index (χ1) is 8.13. The van der Waals surface area contributed by atoms with E-state index in [2.05, 4.69) is 6.92 Å². The van der Waals surface area contributed by atoms with Crippen LogP contribution in [0.5, 0.6) is 0 Å². The molecule has 0 aromatic carbocycles. The molecule has 0 aliphatic heterocycles. The number of Topliss-reactive ketones (excluding diaryl/α,β-unsaturated/α-hetero) is 1. The lowest BCUT2D eigenvalue weighted by atomic mass is 9.90. The summed E-state index contributed by atoms with van der Waals surface area (Å²) in [6.07, 6.45) is 6.86. The molecule has 0 aromatic heterocycles. The van der Waals surface area contributed by atoms with Crippen molar-refractivity contribution in [2.75, 3.05) is 7.11 Å². The molecule has 2 aliphatic carbocycles. The number of hydrogen-bond acceptors (Lipinski definition) is 3. The Bertz CT molecular complexity index is 323. The molecule has 3 heteroatoms. The zero-order chi connectivity index (χ0) is 12.5. The minimum atomic E-state index is -0.158. The molecular formula is C14H22O3. The number of fused-ring (bicyclic) bond motifs is 1. The van der Waals surface area contributed by atoms with Gasteiger partial charge < -0.3 is 4.74 Å². The molecule has 17 heavy (non-hydrogen) atoms. The van der Waals surface area contributed by atoms with Crippen molar-refractivity contribution in [2.24, 2.45) is 17.3 Å². The van der Waals surface area contributed by atoms with Gasteiger partial charge in [0.05, 0.1) is 13.5 Å². The molecule has 3 atom stereocenters. The second kappa shape index (κ2) is 4.79. The summed E-state index contributed by atoms with van der Waals surface area (Å²) < 4.78 is 4.72. The third-order valence-electron chi connectivity index (χ3n) is 4.47. The molecule has 0 N–H and O–H groups in total. The lowest BCUT2D eigenvalue weighted by Crippen LogP contribution is -2.13. The van der Waals surface area contributed by atoms with E-state index in [1.54, 1.807) is 0 Å². The van der Waals surface area contributed by atoms with Gasteiger partial charge in [0.25, 0.3) is 0 Å². The Kier molecular flexibility index (Phi) is 3.55. The van der Waals surface area contributed by atoms with E-state index in [0.29, 0.717) is 12.2 Å². The van der Waals surface area contributed by atoms with Crippen LogP contribution in [0.25, 0.3) is 0 Å². The van der Waals surface area contributed by atoms with Crippen LogP contribution in [-0.4, -0.2) is 18.9 Å². The van der Waals surface area contributed by atoms with Crippen LogP contribution in [0, 0.1) is 17.3 Å². The SMILES string of the molecule is CCCCC[C@H]1C[C@@]2(CC(=O)OC)CC2C1=O. The molecule has 1 unspecified atom stereocenters. The van der Waals surface area contributed by atoms with Crippen LogP contribution in [-0.2, 0) is 14.3 Å². The van der Waals surface area contributed by atoms with Gasteiger partial charge in [0.1, 0.15) is 5.78 Å². The smallest absolute Gasteiger partial charge is 0.306 e. The average molecular weight is 238 g/mol. The van der Waals surface area contributed by atoms with E-state index in [0.717, 1.165) is 25.7 Å². The third kappa shape index (κ3) is 2.38. The number of ether oxygens (including phenoxy) is 1. The molecule has 0 aromatic rings. The summed E-state index contributed by atoms with van der Waals surface area (Å²) in [5, 5.41) is 0. The maximum Gasteiger partial charge on any atom is 0.306 e. The lowest BCUT2D eigenvalue weighted by molar-refractivity contribution is -0.142. The highest BCUT2D eigenvalue weighted by Gasteiger charge is 2.65. The van der Waals surface area contributed by atoms with Crippen molar-refractivity contribution < 1.29 is 14.3 Å². The monoisotopic (exact) mass is 238 g/mol. The zero-order valence-corrected chi connectivity index (χ0v) is 10.8. The lowest BCUT2D eigenvalue weighted by Gasteiger charge is -2.14. The number of hydrogen-bond donors (Lipinski definition) is 0. The molecule has 2 fully saturated rings. The van der Waals surface area contributed by atoms with Gasteiger partial charge in [-0.25, -0.2) is 0 Å². The largest absolute Gasteiger partial charge is 0.469 e. The standard InChI is InChI=1S/C14H22O3/c1-3-4-5-6-10-7-14(9-12(15)17-2)8-11(14)13(10)16/h10-11H,3-9H2,1-2H3/t10-,11?,14-/m0/s1. The summed E-state index contributed by atoms with van der Waals surface area (Å²) >= 11 is 0. The molecule has 0 radical (unpaired) electrons. The van der Waals surface area contributed by atoms with Crippen LogP contribution in [0.3, 0.4) is 0 Å². The normalized spacial score (nSPS) is 34.6. The minimum Gasteiger partial charge on any atom is -0.469 e. The first kappa shape index (κ1) is 12.6. The topological polar surface area (TPSA) is 43.4 Å². The summed E-state index contributed by atoms with van der Waals surface area (Å²) in [7, 11) is 1.42. The second-order valence-electron chi connectivity index (χ2n) is 5.67. The van der Waals surface area contributed by atoms with Gasteiger partial charge in [-0.15, -0.1) is 0 Å². The number of methoxy groups -OCH3 is 1. The molecule has 96 valence electrons. The van der Waals surface area contributed by atoms with E-state index in [4.69, 9.17) is 4.74 Å². The summed E-state index contributed by atoms with van der Waals surface area (Å²) in [6, 6.07) is 0. The van der Waals surface area contributed by atoms with Crippen LogP contribution in [0.2, 0.25) is 0 Å². The number of esters is 1. The molecule has 0 spiro atoms. The Morgan fingerprint density at radius 3 is 2.82 bits per heavy atom. The van der Waals surface area contributed by atoms with Crippen LogP contribution in [0.15, 0.2) is 0 Å². The Hall–Kier alpha value is -0.860. The van der Waals surface area contributed by atoms with Gasteiger partial charge in [-0.1, -0.05) is 26.2 Å². The molecule has 2 rings (SSSR count). The summed E-state index contributed by atoms with van der Waals surface area (Å²) in [4.78, 5) is 23.4. The highest BCUT2D eigenvalue weighted by Crippen LogP contribution is 2.66. The van der Waals surface area contributed by atoms with E-state index < -0.39 is 0 Å². The van der Waals surface area contributed by atoms with E-state index in [1.807, 2.05) is 0 Å². The number of carbonyl (C=O) groups excluding carboxylic acids is 2. The van der Waals surface area contributed by atoms with Crippen molar-refractivity contribution in [3.05, 3.63) is 0 Å². The van der Waals surface area contributed by atoms with E-state index in [1.165, 1.54) is 20.0 Å². The van der Waals surface area contributed by atoms with Crippen molar-refractivity contribution in [3.8, 4) is 0 Å². The number of carbonyl (C=O) groups is 2. The van der Waals surface area contributed by atoms with E-state index in [9.17, 15) is 9.59 Å². The molecule has 2 saturated carbocycles. The Morgan fingerprint density at radius 2 is 2.18 bits per heavy atom. The number of unbranched alkanes of at least 4 members (excludes halogenated alkanes) is 2. The predicted molar refractivity (Wildman–Crippen MR) is 64.4 cm³/mol.